The van der Waals surface area contributed by atoms with Gasteiger partial charge in [-0.05, 0) is 10.9 Å². The van der Waals surface area contributed by atoms with Crippen LogP contribution in [-0.4, -0.2) is 6.61 Å². The van der Waals surface area contributed by atoms with Crippen molar-refractivity contribution >= 4 is 0 Å². The lowest BCUT2D eigenvalue weighted by Gasteiger charge is -1.94. The van der Waals surface area contributed by atoms with Gasteiger partial charge in [0.1, 0.15) is 0 Å². The van der Waals surface area contributed by atoms with Gasteiger partial charge in [-0.25, -0.2) is 0 Å². The highest BCUT2D eigenvalue weighted by atomic mass is 19.3. The van der Waals surface area contributed by atoms with Gasteiger partial charge in [-0.15, -0.1) is 0 Å². The summed E-state index contributed by atoms with van der Waals surface area (Å²) >= 11 is 0. The maximum atomic E-state index is 11.0. The minimum absolute atomic E-state index is 0.268. The van der Waals surface area contributed by atoms with E-state index in [2.05, 4.69) is 11.9 Å². The molecule has 0 aliphatic heterocycles. The molecule has 0 spiro atoms. The molecule has 0 aromatic heterocycles. The molecule has 0 atom stereocenters. The van der Waals surface area contributed by atoms with E-state index in [9.17, 15) is 4.53 Å². The molecule has 0 fully saturated rings. The SMILES string of the molecule is CCCCCCCOF. The number of hydrogen-bond donors (Lipinski definition) is 0. The summed E-state index contributed by atoms with van der Waals surface area (Å²) in [6, 6.07) is 0. The van der Waals surface area contributed by atoms with Crippen LogP contribution in [0.2, 0.25) is 0 Å². The third kappa shape index (κ3) is 7.89. The van der Waals surface area contributed by atoms with Crippen molar-refractivity contribution in [3.63, 3.8) is 0 Å². The summed E-state index contributed by atoms with van der Waals surface area (Å²) in [6.07, 6.45) is 5.65. The summed E-state index contributed by atoms with van der Waals surface area (Å²) in [7, 11) is 0. The molecule has 0 radical (unpaired) electrons. The smallest absolute Gasteiger partial charge is 0.0876 e. The van der Waals surface area contributed by atoms with Gasteiger partial charge in [0.15, 0.2) is 0 Å². The molecular weight excluding hydrogens is 119 g/mol. The molecule has 2 heteroatoms. The first-order valence-corrected chi connectivity index (χ1v) is 3.65. The van der Waals surface area contributed by atoms with E-state index in [0.29, 0.717) is 0 Å². The zero-order valence-corrected chi connectivity index (χ0v) is 6.03. The number of unbranched alkanes of at least 4 members (excludes halogenated alkanes) is 4. The van der Waals surface area contributed by atoms with Crippen LogP contribution >= 0.6 is 0 Å². The minimum atomic E-state index is 0.268. The first-order chi connectivity index (χ1) is 4.41. The van der Waals surface area contributed by atoms with Crippen molar-refractivity contribution < 1.29 is 9.47 Å². The summed E-state index contributed by atoms with van der Waals surface area (Å²) in [5.41, 5.74) is 0. The van der Waals surface area contributed by atoms with Crippen molar-refractivity contribution in [2.24, 2.45) is 0 Å². The summed E-state index contributed by atoms with van der Waals surface area (Å²) < 4.78 is 11.0. The fourth-order valence-electron chi connectivity index (χ4n) is 0.760. The zero-order valence-electron chi connectivity index (χ0n) is 6.03. The largest absolute Gasteiger partial charge is 0.194 e. The van der Waals surface area contributed by atoms with Crippen LogP contribution in [0.4, 0.5) is 4.53 Å². The maximum absolute atomic E-state index is 11.0. The van der Waals surface area contributed by atoms with E-state index in [1.54, 1.807) is 0 Å². The quantitative estimate of drug-likeness (QED) is 0.507. The number of rotatable bonds is 6. The predicted octanol–water partition coefficient (Wildman–Crippen LogP) is 2.86. The Morgan fingerprint density at radius 1 is 1.11 bits per heavy atom. The van der Waals surface area contributed by atoms with Gasteiger partial charge >= 0.3 is 0 Å². The van der Waals surface area contributed by atoms with E-state index < -0.39 is 0 Å². The fraction of sp³-hybridized carbons (Fsp3) is 1.00. The van der Waals surface area contributed by atoms with Crippen molar-refractivity contribution in [3.8, 4) is 0 Å². The van der Waals surface area contributed by atoms with E-state index in [4.69, 9.17) is 0 Å². The summed E-state index contributed by atoms with van der Waals surface area (Å²) in [5, 5.41) is 0. The molecule has 0 N–H and O–H groups in total. The van der Waals surface area contributed by atoms with Crippen LogP contribution in [0.25, 0.3) is 0 Å². The van der Waals surface area contributed by atoms with Crippen molar-refractivity contribution in [2.75, 3.05) is 6.61 Å². The molecule has 0 saturated carbocycles. The second kappa shape index (κ2) is 7.89. The van der Waals surface area contributed by atoms with E-state index in [-0.39, 0.29) is 6.61 Å². The van der Waals surface area contributed by atoms with E-state index in [1.807, 2.05) is 0 Å². The first kappa shape index (κ1) is 8.89. The summed E-state index contributed by atoms with van der Waals surface area (Å²) in [4.78, 5) is 3.42. The van der Waals surface area contributed by atoms with Crippen LogP contribution < -0.4 is 0 Å². The molecule has 0 rings (SSSR count). The van der Waals surface area contributed by atoms with Crippen LogP contribution in [0.15, 0.2) is 0 Å². The standard InChI is InChI=1S/C7H15FO/c1-2-3-4-5-6-7-9-8/h2-7H2,1H3. The average Bonchev–Trinajstić information content (AvgIpc) is 1.89. The molecule has 0 amide bonds. The van der Waals surface area contributed by atoms with Gasteiger partial charge in [0.2, 0.25) is 0 Å². The molecule has 0 aliphatic rings. The van der Waals surface area contributed by atoms with Crippen molar-refractivity contribution in [1.29, 1.82) is 0 Å². The topological polar surface area (TPSA) is 9.23 Å². The molecule has 0 heterocycles. The van der Waals surface area contributed by atoms with Gasteiger partial charge in [-0.2, -0.15) is 4.94 Å². The van der Waals surface area contributed by atoms with Gasteiger partial charge < -0.3 is 0 Å². The van der Waals surface area contributed by atoms with Crippen molar-refractivity contribution in [3.05, 3.63) is 0 Å². The van der Waals surface area contributed by atoms with Crippen LogP contribution in [0.3, 0.4) is 0 Å². The molecule has 0 unspecified atom stereocenters. The molecule has 0 bridgehead atoms. The van der Waals surface area contributed by atoms with Gasteiger partial charge in [-0.3, -0.25) is 0 Å². The molecule has 9 heavy (non-hydrogen) atoms. The van der Waals surface area contributed by atoms with Crippen LogP contribution in [0, 0.1) is 0 Å². The highest BCUT2D eigenvalue weighted by molar-refractivity contribution is 4.39. The highest BCUT2D eigenvalue weighted by Crippen LogP contribution is 2.01. The Morgan fingerprint density at radius 2 is 1.78 bits per heavy atom. The third-order valence-electron chi connectivity index (χ3n) is 1.33. The Kier molecular flexibility index (Phi) is 7.79. The van der Waals surface area contributed by atoms with Crippen LogP contribution in [0.1, 0.15) is 39.0 Å². The summed E-state index contributed by atoms with van der Waals surface area (Å²) in [5.74, 6) is 0. The lowest BCUT2D eigenvalue weighted by molar-refractivity contribution is -0.133. The second-order valence-electron chi connectivity index (χ2n) is 2.23. The van der Waals surface area contributed by atoms with E-state index in [1.165, 1.54) is 19.3 Å². The number of hydrogen-bond acceptors (Lipinski definition) is 1. The molecule has 0 aliphatic carbocycles. The summed E-state index contributed by atoms with van der Waals surface area (Å²) in [6.45, 7) is 2.43. The highest BCUT2D eigenvalue weighted by Gasteiger charge is 1.87. The minimum Gasteiger partial charge on any atom is -0.194 e. The van der Waals surface area contributed by atoms with Gasteiger partial charge in [-0.1, -0.05) is 32.6 Å². The Labute approximate surface area is 56.1 Å². The van der Waals surface area contributed by atoms with Gasteiger partial charge in [0, 0.05) is 0 Å². The Balaban J connectivity index is 2.60. The van der Waals surface area contributed by atoms with E-state index in [0.717, 1.165) is 12.8 Å². The van der Waals surface area contributed by atoms with Gasteiger partial charge in [0.05, 0.1) is 6.61 Å². The Hall–Kier alpha value is -0.110. The molecule has 0 aromatic rings. The monoisotopic (exact) mass is 134 g/mol. The van der Waals surface area contributed by atoms with Crippen molar-refractivity contribution in [2.45, 2.75) is 39.0 Å². The fourth-order valence-corrected chi connectivity index (χ4v) is 0.760. The zero-order chi connectivity index (χ0) is 6.95. The predicted molar refractivity (Wildman–Crippen MR) is 35.8 cm³/mol. The van der Waals surface area contributed by atoms with Gasteiger partial charge in [0.25, 0.3) is 0 Å². The van der Waals surface area contributed by atoms with Crippen LogP contribution in [-0.2, 0) is 4.94 Å². The second-order valence-corrected chi connectivity index (χ2v) is 2.23. The molecule has 0 saturated heterocycles. The Morgan fingerprint density at radius 3 is 2.33 bits per heavy atom. The number of halogens is 1. The molecular formula is C7H15FO. The van der Waals surface area contributed by atoms with Crippen molar-refractivity contribution in [1.82, 2.24) is 0 Å². The molecule has 1 nitrogen and oxygen atoms in total. The van der Waals surface area contributed by atoms with E-state index >= 15 is 0 Å². The molecule has 0 aromatic carbocycles. The first-order valence-electron chi connectivity index (χ1n) is 3.65. The average molecular weight is 134 g/mol. The van der Waals surface area contributed by atoms with Crippen LogP contribution in [0.5, 0.6) is 0 Å². The Bertz CT molecular complexity index is 42.2. The lowest BCUT2D eigenvalue weighted by Crippen LogP contribution is -1.84. The lowest BCUT2D eigenvalue weighted by atomic mass is 10.2. The normalized spacial score (nSPS) is 10.0. The maximum Gasteiger partial charge on any atom is 0.0876 e. The third-order valence-corrected chi connectivity index (χ3v) is 1.33. The molecule has 56 valence electrons.